The molecular formula is C13H16O2. The highest BCUT2D eigenvalue weighted by Crippen LogP contribution is 2.24. The van der Waals surface area contributed by atoms with Crippen LogP contribution in [0.25, 0.3) is 0 Å². The Balaban J connectivity index is 2.26. The molecule has 1 unspecified atom stereocenters. The van der Waals surface area contributed by atoms with E-state index in [2.05, 4.69) is 0 Å². The fourth-order valence-corrected chi connectivity index (χ4v) is 1.79. The number of hydrogen-bond donors (Lipinski definition) is 1. The maximum atomic E-state index is 9.90. The molecule has 0 amide bonds. The van der Waals surface area contributed by atoms with E-state index in [0.717, 1.165) is 11.1 Å². The van der Waals surface area contributed by atoms with Crippen LogP contribution in [-0.2, 0) is 18.0 Å². The van der Waals surface area contributed by atoms with Crippen molar-refractivity contribution in [3.05, 3.63) is 46.5 Å². The molecule has 1 aliphatic heterocycles. The summed E-state index contributed by atoms with van der Waals surface area (Å²) >= 11 is 0. The van der Waals surface area contributed by atoms with Crippen molar-refractivity contribution in [3.8, 4) is 0 Å². The second-order valence-corrected chi connectivity index (χ2v) is 4.21. The van der Waals surface area contributed by atoms with Crippen molar-refractivity contribution >= 4 is 0 Å². The first-order chi connectivity index (χ1) is 7.16. The Labute approximate surface area is 90.2 Å². The van der Waals surface area contributed by atoms with E-state index in [9.17, 15) is 5.11 Å². The molecular weight excluding hydrogens is 188 g/mol. The average molecular weight is 204 g/mol. The molecule has 0 radical (unpaired) electrons. The van der Waals surface area contributed by atoms with Gasteiger partial charge in [-0.05, 0) is 30.5 Å². The lowest BCUT2D eigenvalue weighted by Crippen LogP contribution is -1.95. The van der Waals surface area contributed by atoms with Crippen LogP contribution in [0.5, 0.6) is 0 Å². The molecule has 0 fully saturated rings. The van der Waals surface area contributed by atoms with E-state index in [1.165, 1.54) is 11.1 Å². The SMILES string of the molecule is CC(C)=CC(O)c1ccc2c(c1)COC2. The zero-order valence-corrected chi connectivity index (χ0v) is 9.16. The van der Waals surface area contributed by atoms with Crippen molar-refractivity contribution in [2.75, 3.05) is 0 Å². The number of allylic oxidation sites excluding steroid dienone is 1. The summed E-state index contributed by atoms with van der Waals surface area (Å²) in [6.07, 6.45) is 1.36. The molecule has 1 aliphatic rings. The molecule has 1 heterocycles. The third-order valence-electron chi connectivity index (χ3n) is 2.58. The monoisotopic (exact) mass is 204 g/mol. The van der Waals surface area contributed by atoms with Gasteiger partial charge in [0.1, 0.15) is 0 Å². The van der Waals surface area contributed by atoms with Gasteiger partial charge in [-0.15, -0.1) is 0 Å². The second-order valence-electron chi connectivity index (χ2n) is 4.21. The number of rotatable bonds is 2. The summed E-state index contributed by atoms with van der Waals surface area (Å²) in [5.74, 6) is 0. The standard InChI is InChI=1S/C13H16O2/c1-9(2)5-13(14)10-3-4-11-7-15-8-12(11)6-10/h3-6,13-14H,7-8H2,1-2H3. The molecule has 2 heteroatoms. The van der Waals surface area contributed by atoms with Gasteiger partial charge in [0.2, 0.25) is 0 Å². The van der Waals surface area contributed by atoms with Crippen LogP contribution in [0.2, 0.25) is 0 Å². The highest BCUT2D eigenvalue weighted by Gasteiger charge is 2.13. The maximum absolute atomic E-state index is 9.90. The van der Waals surface area contributed by atoms with Gasteiger partial charge in [-0.1, -0.05) is 29.8 Å². The molecule has 0 spiro atoms. The summed E-state index contributed by atoms with van der Waals surface area (Å²) in [5.41, 5.74) is 4.51. The van der Waals surface area contributed by atoms with Crippen LogP contribution in [-0.4, -0.2) is 5.11 Å². The van der Waals surface area contributed by atoms with Crippen molar-refractivity contribution in [2.45, 2.75) is 33.2 Å². The first kappa shape index (κ1) is 10.4. The molecule has 2 nitrogen and oxygen atoms in total. The number of ether oxygens (including phenoxy) is 1. The van der Waals surface area contributed by atoms with E-state index in [0.29, 0.717) is 13.2 Å². The minimum absolute atomic E-state index is 0.499. The van der Waals surface area contributed by atoms with E-state index >= 15 is 0 Å². The Bertz CT molecular complexity index is 390. The minimum Gasteiger partial charge on any atom is -0.384 e. The summed E-state index contributed by atoms with van der Waals surface area (Å²) in [4.78, 5) is 0. The predicted octanol–water partition coefficient (Wildman–Crippen LogP) is 2.72. The fourth-order valence-electron chi connectivity index (χ4n) is 1.79. The summed E-state index contributed by atoms with van der Waals surface area (Å²) in [6, 6.07) is 6.05. The average Bonchev–Trinajstić information content (AvgIpc) is 2.62. The van der Waals surface area contributed by atoms with Crippen LogP contribution in [0.4, 0.5) is 0 Å². The number of fused-ring (bicyclic) bond motifs is 1. The van der Waals surface area contributed by atoms with E-state index in [1.807, 2.05) is 38.1 Å². The predicted molar refractivity (Wildman–Crippen MR) is 59.3 cm³/mol. The number of benzene rings is 1. The lowest BCUT2D eigenvalue weighted by Gasteiger charge is -2.08. The van der Waals surface area contributed by atoms with Crippen LogP contribution >= 0.6 is 0 Å². The van der Waals surface area contributed by atoms with Crippen LogP contribution in [0, 0.1) is 0 Å². The highest BCUT2D eigenvalue weighted by atomic mass is 16.5. The number of aliphatic hydroxyl groups excluding tert-OH is 1. The van der Waals surface area contributed by atoms with E-state index in [4.69, 9.17) is 4.74 Å². The fraction of sp³-hybridized carbons (Fsp3) is 0.385. The minimum atomic E-state index is -0.499. The second kappa shape index (κ2) is 4.17. The lowest BCUT2D eigenvalue weighted by molar-refractivity contribution is 0.134. The molecule has 0 aromatic heterocycles. The van der Waals surface area contributed by atoms with Gasteiger partial charge in [-0.25, -0.2) is 0 Å². The van der Waals surface area contributed by atoms with Crippen molar-refractivity contribution < 1.29 is 9.84 Å². The lowest BCUT2D eigenvalue weighted by atomic mass is 10.0. The Kier molecular flexibility index (Phi) is 2.89. The number of hydrogen-bond acceptors (Lipinski definition) is 2. The summed E-state index contributed by atoms with van der Waals surface area (Å²) in [7, 11) is 0. The zero-order valence-electron chi connectivity index (χ0n) is 9.16. The van der Waals surface area contributed by atoms with Crippen LogP contribution in [0.1, 0.15) is 36.6 Å². The molecule has 1 N–H and O–H groups in total. The normalized spacial score (nSPS) is 15.9. The van der Waals surface area contributed by atoms with E-state index in [1.54, 1.807) is 0 Å². The Morgan fingerprint density at radius 3 is 2.80 bits per heavy atom. The molecule has 15 heavy (non-hydrogen) atoms. The molecule has 0 saturated heterocycles. The molecule has 1 aromatic carbocycles. The summed E-state index contributed by atoms with van der Waals surface area (Å²) < 4.78 is 5.33. The largest absolute Gasteiger partial charge is 0.384 e. The molecule has 0 aliphatic carbocycles. The van der Waals surface area contributed by atoms with Gasteiger partial charge in [0.15, 0.2) is 0 Å². The van der Waals surface area contributed by atoms with E-state index in [-0.39, 0.29) is 0 Å². The molecule has 1 aromatic rings. The third-order valence-corrected chi connectivity index (χ3v) is 2.58. The van der Waals surface area contributed by atoms with Gasteiger partial charge in [0.05, 0.1) is 19.3 Å². The summed E-state index contributed by atoms with van der Waals surface area (Å²) in [5, 5.41) is 9.90. The van der Waals surface area contributed by atoms with Crippen LogP contribution < -0.4 is 0 Å². The quantitative estimate of drug-likeness (QED) is 0.750. The van der Waals surface area contributed by atoms with Gasteiger partial charge < -0.3 is 9.84 Å². The zero-order chi connectivity index (χ0) is 10.8. The van der Waals surface area contributed by atoms with Crippen molar-refractivity contribution in [3.63, 3.8) is 0 Å². The first-order valence-electron chi connectivity index (χ1n) is 5.19. The Morgan fingerprint density at radius 2 is 2.07 bits per heavy atom. The van der Waals surface area contributed by atoms with Gasteiger partial charge in [0.25, 0.3) is 0 Å². The molecule has 0 bridgehead atoms. The van der Waals surface area contributed by atoms with Crippen molar-refractivity contribution in [2.24, 2.45) is 0 Å². The topological polar surface area (TPSA) is 29.5 Å². The Hall–Kier alpha value is -1.12. The molecule has 80 valence electrons. The Morgan fingerprint density at radius 1 is 1.33 bits per heavy atom. The van der Waals surface area contributed by atoms with Gasteiger partial charge >= 0.3 is 0 Å². The van der Waals surface area contributed by atoms with Gasteiger partial charge in [-0.2, -0.15) is 0 Å². The van der Waals surface area contributed by atoms with Crippen LogP contribution in [0.3, 0.4) is 0 Å². The first-order valence-corrected chi connectivity index (χ1v) is 5.19. The third kappa shape index (κ3) is 2.28. The van der Waals surface area contributed by atoms with Gasteiger partial charge in [-0.3, -0.25) is 0 Å². The van der Waals surface area contributed by atoms with Crippen molar-refractivity contribution in [1.29, 1.82) is 0 Å². The molecule has 0 saturated carbocycles. The molecule has 2 rings (SSSR count). The molecule has 1 atom stereocenters. The summed E-state index contributed by atoms with van der Waals surface area (Å²) in [6.45, 7) is 5.35. The van der Waals surface area contributed by atoms with Gasteiger partial charge in [0, 0.05) is 0 Å². The van der Waals surface area contributed by atoms with E-state index < -0.39 is 6.10 Å². The maximum Gasteiger partial charge on any atom is 0.0974 e. The number of aliphatic hydroxyl groups is 1. The smallest absolute Gasteiger partial charge is 0.0974 e. The highest BCUT2D eigenvalue weighted by molar-refractivity contribution is 5.35. The van der Waals surface area contributed by atoms with Crippen molar-refractivity contribution in [1.82, 2.24) is 0 Å². The van der Waals surface area contributed by atoms with Crippen LogP contribution in [0.15, 0.2) is 29.8 Å².